The van der Waals surface area contributed by atoms with E-state index in [9.17, 15) is 4.79 Å². The molecule has 0 saturated heterocycles. The minimum atomic E-state index is -0.108. The third-order valence-electron chi connectivity index (χ3n) is 5.41. The molecule has 1 aliphatic rings. The zero-order valence-corrected chi connectivity index (χ0v) is 16.3. The molecule has 5 nitrogen and oxygen atoms in total. The summed E-state index contributed by atoms with van der Waals surface area (Å²) in [6.45, 7) is 2.47. The predicted octanol–water partition coefficient (Wildman–Crippen LogP) is 4.48. The monoisotopic (exact) mass is 382 g/mol. The van der Waals surface area contributed by atoms with Crippen LogP contribution in [0, 0.1) is 6.92 Å². The lowest BCUT2D eigenvalue weighted by Crippen LogP contribution is -2.25. The molecule has 0 bridgehead atoms. The van der Waals surface area contributed by atoms with Gasteiger partial charge in [-0.25, -0.2) is 9.36 Å². The van der Waals surface area contributed by atoms with Gasteiger partial charge >= 0.3 is 0 Å². The molecule has 0 radical (unpaired) electrons. The van der Waals surface area contributed by atoms with Crippen molar-refractivity contribution < 1.29 is 0 Å². The Morgan fingerprint density at radius 3 is 2.59 bits per heavy atom. The summed E-state index contributed by atoms with van der Waals surface area (Å²) < 4.78 is 3.35. The van der Waals surface area contributed by atoms with Crippen LogP contribution in [0.5, 0.6) is 0 Å². The second-order valence-electron chi connectivity index (χ2n) is 7.56. The summed E-state index contributed by atoms with van der Waals surface area (Å²) in [5.74, 6) is 0.428. The van der Waals surface area contributed by atoms with Gasteiger partial charge in [0.2, 0.25) is 0 Å². The Hall–Kier alpha value is -3.47. The summed E-state index contributed by atoms with van der Waals surface area (Å²) >= 11 is 0. The standard InChI is InChI=1S/C24H22N4O/c1-17-8-5-6-12-21(17)28-23-20(16-25-28)22(19-13-14-19)26-27(24(23)29)15-7-11-18-9-3-2-4-10-18/h2-12,16,19H,13-15H2,1H3/b11-7+. The van der Waals surface area contributed by atoms with Crippen LogP contribution in [0.15, 0.2) is 71.7 Å². The fraction of sp³-hybridized carbons (Fsp3) is 0.208. The highest BCUT2D eigenvalue weighted by atomic mass is 16.1. The minimum absolute atomic E-state index is 0.108. The zero-order valence-electron chi connectivity index (χ0n) is 16.3. The Balaban J connectivity index is 1.62. The van der Waals surface area contributed by atoms with E-state index in [1.807, 2.05) is 73.7 Å². The van der Waals surface area contributed by atoms with E-state index in [1.165, 1.54) is 0 Å². The maximum absolute atomic E-state index is 13.3. The van der Waals surface area contributed by atoms with Crippen LogP contribution in [-0.4, -0.2) is 19.6 Å². The average molecular weight is 382 g/mol. The molecule has 5 heteroatoms. The molecule has 29 heavy (non-hydrogen) atoms. The van der Waals surface area contributed by atoms with Gasteiger partial charge in [0.05, 0.1) is 24.1 Å². The van der Waals surface area contributed by atoms with Crippen molar-refractivity contribution in [3.8, 4) is 5.69 Å². The number of allylic oxidation sites excluding steroid dienone is 1. The van der Waals surface area contributed by atoms with E-state index in [2.05, 4.69) is 5.10 Å². The molecule has 1 aliphatic carbocycles. The normalized spacial score (nSPS) is 14.1. The van der Waals surface area contributed by atoms with Crippen molar-refractivity contribution in [2.45, 2.75) is 32.2 Å². The van der Waals surface area contributed by atoms with Gasteiger partial charge < -0.3 is 0 Å². The van der Waals surface area contributed by atoms with E-state index in [0.717, 1.165) is 40.7 Å². The van der Waals surface area contributed by atoms with Crippen molar-refractivity contribution in [1.29, 1.82) is 0 Å². The SMILES string of the molecule is Cc1ccccc1-n1ncc2c(C3CC3)nn(C/C=C/c3ccccc3)c(=O)c21. The van der Waals surface area contributed by atoms with E-state index in [-0.39, 0.29) is 5.56 Å². The molecule has 2 heterocycles. The van der Waals surface area contributed by atoms with E-state index in [1.54, 1.807) is 15.6 Å². The first-order valence-corrected chi connectivity index (χ1v) is 9.99. The van der Waals surface area contributed by atoms with Crippen molar-refractivity contribution >= 4 is 17.0 Å². The summed E-state index contributed by atoms with van der Waals surface area (Å²) in [7, 11) is 0. The molecule has 2 aromatic carbocycles. The molecule has 4 aromatic rings. The van der Waals surface area contributed by atoms with E-state index in [0.29, 0.717) is 18.0 Å². The molecule has 0 unspecified atom stereocenters. The van der Waals surface area contributed by atoms with Crippen molar-refractivity contribution in [1.82, 2.24) is 19.6 Å². The maximum atomic E-state index is 13.3. The van der Waals surface area contributed by atoms with Crippen molar-refractivity contribution in [3.05, 3.63) is 94.0 Å². The Bertz CT molecular complexity index is 1260. The fourth-order valence-electron chi connectivity index (χ4n) is 3.71. The van der Waals surface area contributed by atoms with Crippen molar-refractivity contribution in [3.63, 3.8) is 0 Å². The Labute approximate surface area is 168 Å². The number of para-hydroxylation sites is 1. The van der Waals surface area contributed by atoms with Crippen LogP contribution < -0.4 is 5.56 Å². The third kappa shape index (κ3) is 3.29. The van der Waals surface area contributed by atoms with Gasteiger partial charge in [-0.3, -0.25) is 4.79 Å². The number of rotatable bonds is 5. The summed E-state index contributed by atoms with van der Waals surface area (Å²) in [6, 6.07) is 18.1. The van der Waals surface area contributed by atoms with Crippen LogP contribution in [0.25, 0.3) is 22.7 Å². The van der Waals surface area contributed by atoms with Gasteiger partial charge in [0.25, 0.3) is 5.56 Å². The quantitative estimate of drug-likeness (QED) is 0.511. The van der Waals surface area contributed by atoms with Crippen molar-refractivity contribution in [2.75, 3.05) is 0 Å². The van der Waals surface area contributed by atoms with Gasteiger partial charge in [0, 0.05) is 11.3 Å². The first-order valence-electron chi connectivity index (χ1n) is 9.99. The molecule has 1 fully saturated rings. The Morgan fingerprint density at radius 2 is 1.83 bits per heavy atom. The average Bonchev–Trinajstić information content (AvgIpc) is 3.49. The Morgan fingerprint density at radius 1 is 1.07 bits per heavy atom. The van der Waals surface area contributed by atoms with Crippen LogP contribution in [0.3, 0.4) is 0 Å². The molecule has 144 valence electrons. The molecule has 0 aliphatic heterocycles. The highest BCUT2D eigenvalue weighted by molar-refractivity contribution is 5.82. The highest BCUT2D eigenvalue weighted by Gasteiger charge is 2.30. The minimum Gasteiger partial charge on any atom is -0.265 e. The second kappa shape index (κ2) is 7.17. The number of aromatic nitrogens is 4. The first kappa shape index (κ1) is 17.6. The highest BCUT2D eigenvalue weighted by Crippen LogP contribution is 2.41. The molecule has 0 spiro atoms. The number of hydrogen-bond donors (Lipinski definition) is 0. The van der Waals surface area contributed by atoms with Crippen LogP contribution in [-0.2, 0) is 6.54 Å². The molecule has 0 atom stereocenters. The molecule has 1 saturated carbocycles. The second-order valence-corrected chi connectivity index (χ2v) is 7.56. The van der Waals surface area contributed by atoms with Crippen LogP contribution in [0.1, 0.15) is 35.6 Å². The number of fused-ring (bicyclic) bond motifs is 1. The van der Waals surface area contributed by atoms with Gasteiger partial charge in [-0.1, -0.05) is 60.7 Å². The largest absolute Gasteiger partial charge is 0.293 e. The molecule has 5 rings (SSSR count). The molecular weight excluding hydrogens is 360 g/mol. The van der Waals surface area contributed by atoms with Gasteiger partial charge in [0.1, 0.15) is 5.52 Å². The van der Waals surface area contributed by atoms with Gasteiger partial charge in [-0.2, -0.15) is 10.2 Å². The lowest BCUT2D eigenvalue weighted by atomic mass is 10.1. The molecule has 0 N–H and O–H groups in total. The van der Waals surface area contributed by atoms with Gasteiger partial charge in [0.15, 0.2) is 0 Å². The van der Waals surface area contributed by atoms with E-state index >= 15 is 0 Å². The number of nitrogens with zero attached hydrogens (tertiary/aromatic N) is 4. The van der Waals surface area contributed by atoms with Crippen LogP contribution in [0.2, 0.25) is 0 Å². The molecular formula is C24H22N4O. The van der Waals surface area contributed by atoms with Crippen LogP contribution >= 0.6 is 0 Å². The lowest BCUT2D eigenvalue weighted by molar-refractivity contribution is 0.638. The van der Waals surface area contributed by atoms with Crippen molar-refractivity contribution in [2.24, 2.45) is 0 Å². The van der Waals surface area contributed by atoms with E-state index < -0.39 is 0 Å². The van der Waals surface area contributed by atoms with Gasteiger partial charge in [-0.15, -0.1) is 0 Å². The topological polar surface area (TPSA) is 52.7 Å². The fourth-order valence-corrected chi connectivity index (χ4v) is 3.71. The molecule has 0 amide bonds. The summed E-state index contributed by atoms with van der Waals surface area (Å²) in [5.41, 5.74) is 4.62. The molecule has 2 aromatic heterocycles. The zero-order chi connectivity index (χ0) is 19.8. The summed E-state index contributed by atoms with van der Waals surface area (Å²) in [4.78, 5) is 13.3. The van der Waals surface area contributed by atoms with Gasteiger partial charge in [-0.05, 0) is 37.0 Å². The predicted molar refractivity (Wildman–Crippen MR) is 115 cm³/mol. The third-order valence-corrected chi connectivity index (χ3v) is 5.41. The van der Waals surface area contributed by atoms with Crippen LogP contribution in [0.4, 0.5) is 0 Å². The lowest BCUT2D eigenvalue weighted by Gasteiger charge is -2.10. The van der Waals surface area contributed by atoms with E-state index in [4.69, 9.17) is 5.10 Å². The number of hydrogen-bond acceptors (Lipinski definition) is 3. The summed E-state index contributed by atoms with van der Waals surface area (Å²) in [5, 5.41) is 10.2. The Kier molecular flexibility index (Phi) is 4.35. The maximum Gasteiger partial charge on any atom is 0.293 e. The smallest absolute Gasteiger partial charge is 0.265 e. The number of aryl methyl sites for hydroxylation is 1. The number of benzene rings is 2. The first-order chi connectivity index (χ1) is 14.2. The summed E-state index contributed by atoms with van der Waals surface area (Å²) in [6.07, 6.45) is 8.05.